The molecule has 1 unspecified atom stereocenters. The zero-order chi connectivity index (χ0) is 51.4. The van der Waals surface area contributed by atoms with Gasteiger partial charge in [0.1, 0.15) is 30.1 Å². The molecule has 3 aliphatic heterocycles. The van der Waals surface area contributed by atoms with Gasteiger partial charge in [0.15, 0.2) is 13.2 Å². The van der Waals surface area contributed by atoms with Crippen molar-refractivity contribution in [1.29, 1.82) is 0 Å². The maximum absolute atomic E-state index is 14.5. The van der Waals surface area contributed by atoms with E-state index in [2.05, 4.69) is 0 Å². The third-order valence-electron chi connectivity index (χ3n) is 14.8. The molecule has 15 atom stereocenters. The second kappa shape index (κ2) is 26.5. The molecule has 390 valence electrons. The van der Waals surface area contributed by atoms with Crippen LogP contribution in [0.25, 0.3) is 0 Å². The molecule has 2 bridgehead atoms. The summed E-state index contributed by atoms with van der Waals surface area (Å²) in [5.41, 5.74) is 1.25. The molecule has 15 nitrogen and oxygen atoms in total. The molecule has 69 heavy (non-hydrogen) atoms. The molecule has 0 spiro atoms. The van der Waals surface area contributed by atoms with E-state index < -0.39 is 85.1 Å². The molecule has 3 heterocycles. The van der Waals surface area contributed by atoms with Gasteiger partial charge < -0.3 is 43.3 Å². The van der Waals surface area contributed by atoms with Gasteiger partial charge in [0.25, 0.3) is 11.7 Å². The molecule has 4 rings (SSSR count). The standard InChI is InChI=1S/C53H84NO14P/c1-32-18-14-13-15-19-33(2)44(63-8)30-40-23-21-38(7)53(61,67-40)50(58)51(59)54-25-17-16-20-41(54)52(60)66-45(35(4)28-39-22-24-43(46(29-39)64-9)68-69(11,12)62)31-42(55)34(3)27-37(6)48(57)49(65-10)47(56)36(5)26-32/h13-15,18-19,27,32,34-36,38-41,43-46,48-49,57,61H,16-17,20-26,28-31H2,1-12H3/b15-13?,18-14+,33-19?,37-27+/t32-,34-,35-,36-,38-,39+,40+,41?,43-,44+,45+,46-,48-,49+,53-/m1/s1. The van der Waals surface area contributed by atoms with Crippen LogP contribution in [0.1, 0.15) is 126 Å². The second-order valence-corrected chi connectivity index (χ2v) is 23.6. The van der Waals surface area contributed by atoms with Gasteiger partial charge in [-0.15, -0.1) is 0 Å². The number of Topliss-reactive ketones (excluding diaryl/α,β-unsaturated/α-hetero) is 3. The topological polar surface area (TPSA) is 201 Å². The highest BCUT2D eigenvalue weighted by atomic mass is 31.2. The van der Waals surface area contributed by atoms with Crippen molar-refractivity contribution in [3.8, 4) is 0 Å². The number of cyclic esters (lactones) is 1. The van der Waals surface area contributed by atoms with Crippen molar-refractivity contribution in [1.82, 2.24) is 4.90 Å². The summed E-state index contributed by atoms with van der Waals surface area (Å²) >= 11 is 0. The molecular formula is C53H84NO14P. The van der Waals surface area contributed by atoms with Gasteiger partial charge in [0, 0.05) is 71.8 Å². The summed E-state index contributed by atoms with van der Waals surface area (Å²) in [4.78, 5) is 72.2. The number of hydrogen-bond donors (Lipinski definition) is 2. The maximum Gasteiger partial charge on any atom is 0.329 e. The van der Waals surface area contributed by atoms with E-state index in [0.29, 0.717) is 63.4 Å². The summed E-state index contributed by atoms with van der Waals surface area (Å²) in [6.45, 7) is 15.9. The minimum absolute atomic E-state index is 0.0117. The van der Waals surface area contributed by atoms with Gasteiger partial charge in [-0.1, -0.05) is 71.1 Å². The number of methoxy groups -OCH3 is 3. The molecule has 0 aromatic heterocycles. The second-order valence-electron chi connectivity index (χ2n) is 20.9. The number of amides is 1. The van der Waals surface area contributed by atoms with Gasteiger partial charge in [0.2, 0.25) is 5.79 Å². The monoisotopic (exact) mass is 990 g/mol. The van der Waals surface area contributed by atoms with Gasteiger partial charge in [0.05, 0.1) is 24.4 Å². The molecule has 1 amide bonds. The molecule has 4 aliphatic rings. The van der Waals surface area contributed by atoms with Gasteiger partial charge >= 0.3 is 5.97 Å². The number of hydrogen-bond acceptors (Lipinski definition) is 14. The van der Waals surface area contributed by atoms with Crippen molar-refractivity contribution in [3.05, 3.63) is 47.6 Å². The van der Waals surface area contributed by atoms with Crippen molar-refractivity contribution in [2.45, 2.75) is 180 Å². The van der Waals surface area contributed by atoms with Crippen LogP contribution in [0.5, 0.6) is 0 Å². The number of ketones is 3. The highest BCUT2D eigenvalue weighted by Gasteiger charge is 2.53. The number of esters is 1. The zero-order valence-corrected chi connectivity index (χ0v) is 44.3. The van der Waals surface area contributed by atoms with Crippen LogP contribution in [-0.4, -0.2) is 140 Å². The first-order valence-corrected chi connectivity index (χ1v) is 27.7. The van der Waals surface area contributed by atoms with Crippen LogP contribution in [-0.2, 0) is 56.7 Å². The van der Waals surface area contributed by atoms with E-state index in [0.717, 1.165) is 12.0 Å². The van der Waals surface area contributed by atoms with Crippen LogP contribution in [0.2, 0.25) is 0 Å². The Morgan fingerprint density at radius 1 is 0.855 bits per heavy atom. The summed E-state index contributed by atoms with van der Waals surface area (Å²) in [5, 5.41) is 23.5. The lowest BCUT2D eigenvalue weighted by Gasteiger charge is -2.42. The van der Waals surface area contributed by atoms with E-state index in [9.17, 15) is 38.8 Å². The van der Waals surface area contributed by atoms with Gasteiger partial charge in [-0.3, -0.25) is 23.7 Å². The number of fused-ring (bicyclic) bond motifs is 3. The summed E-state index contributed by atoms with van der Waals surface area (Å²) < 4.78 is 48.2. The number of aliphatic hydroxyl groups is 2. The summed E-state index contributed by atoms with van der Waals surface area (Å²) in [5.74, 6) is -8.11. The molecule has 1 saturated carbocycles. The normalized spacial score (nSPS) is 37.8. The fraction of sp³-hybridized carbons (Fsp3) is 0.755. The molecule has 16 heteroatoms. The Bertz CT molecular complexity index is 1940. The first-order chi connectivity index (χ1) is 32.4. The fourth-order valence-corrected chi connectivity index (χ4v) is 11.4. The van der Waals surface area contributed by atoms with Crippen LogP contribution in [0, 0.1) is 35.5 Å². The SMILES string of the molecule is CO[C@H]1C[C@@H]2CC[C@@H](C)[C@@](O)(O2)C(=O)C(=O)N2CCCCC2C(=O)O[C@H]([C@H](C)C[C@@H]2CC[C@@H](OP(C)(C)=O)[C@H](OC)C2)CC(=O)[C@H](C)/C=C(\C)[C@@H](O)[C@@H](OC)C(=O)[C@H](C)C[C@H](C)/C=C/C=CC=C1C. The quantitative estimate of drug-likeness (QED) is 0.104. The average Bonchev–Trinajstić information content (AvgIpc) is 3.30. The van der Waals surface area contributed by atoms with E-state index in [1.165, 1.54) is 12.0 Å². The van der Waals surface area contributed by atoms with Gasteiger partial charge in [-0.25, -0.2) is 4.79 Å². The summed E-state index contributed by atoms with van der Waals surface area (Å²) in [6, 6.07) is -1.16. The van der Waals surface area contributed by atoms with Crippen molar-refractivity contribution >= 4 is 36.6 Å². The number of aliphatic hydroxyl groups excluding tert-OH is 1. The Labute approximate surface area is 411 Å². The van der Waals surface area contributed by atoms with E-state index in [1.54, 1.807) is 54.4 Å². The Hall–Kier alpha value is -3.14. The van der Waals surface area contributed by atoms with E-state index in [-0.39, 0.29) is 60.9 Å². The van der Waals surface area contributed by atoms with Crippen LogP contribution in [0.15, 0.2) is 47.6 Å². The highest BCUT2D eigenvalue weighted by molar-refractivity contribution is 7.57. The summed E-state index contributed by atoms with van der Waals surface area (Å²) in [7, 11) is 1.76. The lowest BCUT2D eigenvalue weighted by atomic mass is 9.78. The van der Waals surface area contributed by atoms with Crippen LogP contribution in [0.4, 0.5) is 0 Å². The lowest BCUT2D eigenvalue weighted by molar-refractivity contribution is -0.265. The molecular weight excluding hydrogens is 906 g/mol. The molecule has 1 aliphatic carbocycles. The largest absolute Gasteiger partial charge is 0.460 e. The molecule has 2 N–H and O–H groups in total. The molecule has 0 aromatic rings. The Kier molecular flexibility index (Phi) is 22.5. The molecule has 0 radical (unpaired) electrons. The fourth-order valence-electron chi connectivity index (χ4n) is 10.5. The number of carbonyl (C=O) groups excluding carboxylic acids is 5. The van der Waals surface area contributed by atoms with Crippen LogP contribution < -0.4 is 0 Å². The van der Waals surface area contributed by atoms with Crippen LogP contribution in [0.3, 0.4) is 0 Å². The number of ether oxygens (including phenoxy) is 5. The number of piperidine rings is 1. The minimum atomic E-state index is -2.79. The predicted octanol–water partition coefficient (Wildman–Crippen LogP) is 7.74. The van der Waals surface area contributed by atoms with Crippen molar-refractivity contribution in [3.63, 3.8) is 0 Å². The lowest BCUT2D eigenvalue weighted by Crippen LogP contribution is -2.61. The van der Waals surface area contributed by atoms with Gasteiger partial charge in [-0.05, 0) is 107 Å². The third kappa shape index (κ3) is 16.2. The predicted molar refractivity (Wildman–Crippen MR) is 263 cm³/mol. The molecule has 3 fully saturated rings. The minimum Gasteiger partial charge on any atom is -0.460 e. The van der Waals surface area contributed by atoms with E-state index >= 15 is 0 Å². The molecule has 2 saturated heterocycles. The zero-order valence-electron chi connectivity index (χ0n) is 43.4. The molecule has 0 aromatic carbocycles. The highest BCUT2D eigenvalue weighted by Crippen LogP contribution is 2.45. The van der Waals surface area contributed by atoms with Crippen molar-refractivity contribution in [2.75, 3.05) is 41.2 Å². The van der Waals surface area contributed by atoms with E-state index in [1.807, 2.05) is 58.1 Å². The summed E-state index contributed by atoms with van der Waals surface area (Å²) in [6.07, 6.45) is 11.4. The van der Waals surface area contributed by atoms with Crippen molar-refractivity contribution < 1.29 is 67.0 Å². The third-order valence-corrected chi connectivity index (χ3v) is 15.6. The number of carbonyl (C=O) groups is 5. The first-order valence-electron chi connectivity index (χ1n) is 25.2. The van der Waals surface area contributed by atoms with Gasteiger partial charge in [-0.2, -0.15) is 0 Å². The smallest absolute Gasteiger partial charge is 0.329 e. The number of nitrogens with zero attached hydrogens (tertiary/aromatic N) is 1. The number of rotatable bonds is 8. The number of allylic oxidation sites excluding steroid dienone is 6. The van der Waals surface area contributed by atoms with E-state index in [4.69, 9.17) is 28.2 Å². The van der Waals surface area contributed by atoms with Crippen molar-refractivity contribution in [2.24, 2.45) is 35.5 Å². The Balaban J connectivity index is 1.70. The average molecular weight is 990 g/mol. The Morgan fingerprint density at radius 3 is 2.22 bits per heavy atom. The Morgan fingerprint density at radius 2 is 1.57 bits per heavy atom. The van der Waals surface area contributed by atoms with Crippen LogP contribution >= 0.6 is 7.37 Å². The maximum atomic E-state index is 14.5. The first kappa shape index (κ1) is 58.4.